The molecule has 142 valence electrons. The zero-order chi connectivity index (χ0) is 20.5. The molecule has 10 heteroatoms. The van der Waals surface area contributed by atoms with Crippen molar-refractivity contribution in [2.24, 2.45) is 0 Å². The molecule has 2 aromatic rings. The van der Waals surface area contributed by atoms with Crippen LogP contribution in [0.2, 0.25) is 0 Å². The van der Waals surface area contributed by atoms with Gasteiger partial charge in [0.25, 0.3) is 5.91 Å². The van der Waals surface area contributed by atoms with Crippen LogP contribution in [0, 0.1) is 0 Å². The molecule has 2 amide bonds. The van der Waals surface area contributed by atoms with Gasteiger partial charge in [-0.05, 0) is 88.0 Å². The van der Waals surface area contributed by atoms with E-state index in [0.29, 0.717) is 24.8 Å². The van der Waals surface area contributed by atoms with Gasteiger partial charge in [0, 0.05) is 43.2 Å². The fourth-order valence-corrected chi connectivity index (χ4v) is 4.66. The molecule has 0 spiro atoms. The van der Waals surface area contributed by atoms with E-state index in [9.17, 15) is 19.5 Å². The Morgan fingerprint density at radius 3 is 1.81 bits per heavy atom. The number of carbonyl (C=O) groups is 3. The number of nitrogens with zero attached hydrogens (tertiary/aromatic N) is 1. The number of hydrogen-bond donors (Lipinski definition) is 2. The molecule has 0 saturated carbocycles. The molecule has 6 nitrogen and oxygen atoms in total. The Bertz CT molecular complexity index is 945. The molecule has 0 fully saturated rings. The van der Waals surface area contributed by atoms with Crippen molar-refractivity contribution in [3.05, 3.63) is 53.3 Å². The number of carboxylic acids is 1. The first kappa shape index (κ1) is 22.1. The van der Waals surface area contributed by atoms with Crippen LogP contribution in [0.15, 0.2) is 42.2 Å². The molecule has 2 rings (SSSR count). The summed E-state index contributed by atoms with van der Waals surface area (Å²) < 4.78 is 1.52. The van der Waals surface area contributed by atoms with E-state index < -0.39 is 11.9 Å². The van der Waals surface area contributed by atoms with E-state index in [-0.39, 0.29) is 21.5 Å². The summed E-state index contributed by atoms with van der Waals surface area (Å²) in [6, 6.07) is 6.61. The summed E-state index contributed by atoms with van der Waals surface area (Å²) in [4.78, 5) is 37.3. The molecular weight excluding hydrogens is 616 g/mol. The molecule has 0 heterocycles. The van der Waals surface area contributed by atoms with Crippen molar-refractivity contribution in [3.63, 3.8) is 0 Å². The van der Waals surface area contributed by atoms with Crippen LogP contribution in [0.1, 0.15) is 27.6 Å². The Kier molecular flexibility index (Phi) is 7.23. The van der Waals surface area contributed by atoms with Gasteiger partial charge in [0.05, 0.1) is 11.1 Å². The van der Waals surface area contributed by atoms with Crippen LogP contribution in [0.5, 0.6) is 0 Å². The monoisotopic (exact) mass is 624 g/mol. The van der Waals surface area contributed by atoms with Gasteiger partial charge >= 0.3 is 5.97 Å². The quantitative estimate of drug-likeness (QED) is 0.338. The third-order valence-corrected chi connectivity index (χ3v) is 8.46. The van der Waals surface area contributed by atoms with Gasteiger partial charge in [-0.25, -0.2) is 4.79 Å². The highest BCUT2D eigenvalue weighted by Gasteiger charge is 2.27. The number of rotatable bonds is 4. The largest absolute Gasteiger partial charge is 0.478 e. The second kappa shape index (κ2) is 8.85. The van der Waals surface area contributed by atoms with Gasteiger partial charge in [-0.2, -0.15) is 0 Å². The van der Waals surface area contributed by atoms with Crippen molar-refractivity contribution < 1.29 is 19.5 Å². The fourth-order valence-electron chi connectivity index (χ4n) is 2.19. The molecule has 0 aliphatic carbocycles. The fraction of sp³-hybridized carbons (Fsp3) is 0.118. The average Bonchev–Trinajstić information content (AvgIpc) is 2.62. The van der Waals surface area contributed by atoms with Crippen LogP contribution in [-0.2, 0) is 4.79 Å². The Morgan fingerprint density at radius 2 is 1.37 bits per heavy atom. The number of nitrogens with one attached hydrogen (secondary N) is 1. The number of amides is 2. The zero-order valence-electron chi connectivity index (χ0n) is 13.9. The number of carboxylic acid groups (broad SMARTS) is 1. The topological polar surface area (TPSA) is 86.7 Å². The predicted molar refractivity (Wildman–Crippen MR) is 118 cm³/mol. The first-order chi connectivity index (χ1) is 12.6. The summed E-state index contributed by atoms with van der Waals surface area (Å²) >= 11 is 13.1. The number of hydrogen-bond acceptors (Lipinski definition) is 3. The van der Waals surface area contributed by atoms with Crippen molar-refractivity contribution in [2.75, 3.05) is 17.3 Å². The van der Waals surface area contributed by atoms with Gasteiger partial charge in [-0.1, -0.05) is 0 Å². The van der Waals surface area contributed by atoms with Gasteiger partial charge in [-0.3, -0.25) is 9.59 Å². The summed E-state index contributed by atoms with van der Waals surface area (Å²) in [5, 5.41) is 12.2. The molecule has 0 radical (unpaired) electrons. The van der Waals surface area contributed by atoms with Gasteiger partial charge in [0.2, 0.25) is 5.91 Å². The highest BCUT2D eigenvalue weighted by molar-refractivity contribution is 9.15. The lowest BCUT2D eigenvalue weighted by atomic mass is 10.1. The molecule has 0 saturated heterocycles. The summed E-state index contributed by atoms with van der Waals surface area (Å²) in [5.74, 6) is -1.97. The molecule has 0 aliphatic heterocycles. The lowest BCUT2D eigenvalue weighted by molar-refractivity contribution is -0.116. The van der Waals surface area contributed by atoms with Gasteiger partial charge < -0.3 is 15.3 Å². The van der Waals surface area contributed by atoms with Crippen molar-refractivity contribution in [1.29, 1.82) is 0 Å². The molecule has 0 unspecified atom stereocenters. The Hall–Kier alpha value is -1.23. The van der Waals surface area contributed by atoms with Crippen LogP contribution in [-0.4, -0.2) is 29.9 Å². The molecular formula is C17H12Br4N2O4. The molecule has 0 bridgehead atoms. The van der Waals surface area contributed by atoms with Crippen LogP contribution in [0.25, 0.3) is 0 Å². The van der Waals surface area contributed by atoms with Crippen LogP contribution in [0.3, 0.4) is 0 Å². The maximum absolute atomic E-state index is 12.8. The summed E-state index contributed by atoms with van der Waals surface area (Å²) in [5.41, 5.74) is 0.915. The number of carbonyl (C=O) groups excluding carboxylic acids is 2. The summed E-state index contributed by atoms with van der Waals surface area (Å²) in [6.45, 7) is 1.45. The third kappa shape index (κ3) is 4.61. The lowest BCUT2D eigenvalue weighted by Gasteiger charge is -2.16. The highest BCUT2D eigenvalue weighted by Crippen LogP contribution is 2.42. The summed E-state index contributed by atoms with van der Waals surface area (Å²) in [6.07, 6.45) is 0. The van der Waals surface area contributed by atoms with Gasteiger partial charge in [0.15, 0.2) is 0 Å². The standard InChI is InChI=1S/C17H12Br4N2O4/c1-7(24)23(2)9-5-3-8(4-6-9)22-16(25)10-11(17(26)27)13(19)15(21)14(20)12(10)18/h3-6H,1-2H3,(H,22,25)(H,26,27). The van der Waals surface area contributed by atoms with E-state index in [1.54, 1.807) is 31.3 Å². The number of halogens is 4. The third-order valence-electron chi connectivity index (χ3n) is 3.69. The number of anilines is 2. The molecule has 0 atom stereocenters. The summed E-state index contributed by atoms with van der Waals surface area (Å²) in [7, 11) is 1.64. The molecule has 2 N–H and O–H groups in total. The van der Waals surface area contributed by atoms with Crippen molar-refractivity contribution in [1.82, 2.24) is 0 Å². The minimum absolute atomic E-state index is 0.0330. The normalized spacial score (nSPS) is 10.4. The number of aromatic carboxylic acids is 1. The second-order valence-electron chi connectivity index (χ2n) is 5.39. The average molecular weight is 628 g/mol. The molecule has 27 heavy (non-hydrogen) atoms. The van der Waals surface area contributed by atoms with Crippen molar-refractivity contribution in [2.45, 2.75) is 6.92 Å². The minimum atomic E-state index is -1.25. The molecule has 0 aromatic heterocycles. The lowest BCUT2D eigenvalue weighted by Crippen LogP contribution is -2.22. The zero-order valence-corrected chi connectivity index (χ0v) is 20.3. The maximum Gasteiger partial charge on any atom is 0.337 e. The first-order valence-corrected chi connectivity index (χ1v) is 10.5. The van der Waals surface area contributed by atoms with Crippen LogP contribution < -0.4 is 10.2 Å². The Morgan fingerprint density at radius 1 is 0.889 bits per heavy atom. The van der Waals surface area contributed by atoms with E-state index >= 15 is 0 Å². The highest BCUT2D eigenvalue weighted by atomic mass is 79.9. The first-order valence-electron chi connectivity index (χ1n) is 7.31. The SMILES string of the molecule is CC(=O)N(C)c1ccc(NC(=O)c2c(Br)c(Br)c(Br)c(Br)c2C(=O)O)cc1. The van der Waals surface area contributed by atoms with Crippen molar-refractivity contribution >= 4 is 92.9 Å². The Balaban J connectivity index is 2.42. The van der Waals surface area contributed by atoms with E-state index in [0.717, 1.165) is 0 Å². The Labute approximate surface area is 188 Å². The molecule has 2 aromatic carbocycles. The van der Waals surface area contributed by atoms with Gasteiger partial charge in [0.1, 0.15) is 0 Å². The van der Waals surface area contributed by atoms with E-state index in [1.807, 2.05) is 0 Å². The maximum atomic E-state index is 12.8. The van der Waals surface area contributed by atoms with Crippen LogP contribution in [0.4, 0.5) is 11.4 Å². The number of benzene rings is 2. The van der Waals surface area contributed by atoms with Crippen LogP contribution >= 0.6 is 63.7 Å². The molecule has 0 aliphatic rings. The minimum Gasteiger partial charge on any atom is -0.478 e. The van der Waals surface area contributed by atoms with Gasteiger partial charge in [-0.15, -0.1) is 0 Å². The predicted octanol–water partition coefficient (Wildman–Crippen LogP) is 5.67. The van der Waals surface area contributed by atoms with E-state index in [1.165, 1.54) is 11.8 Å². The second-order valence-corrected chi connectivity index (χ2v) is 8.56. The van der Waals surface area contributed by atoms with E-state index in [4.69, 9.17) is 0 Å². The smallest absolute Gasteiger partial charge is 0.337 e. The van der Waals surface area contributed by atoms with E-state index in [2.05, 4.69) is 69.0 Å². The van der Waals surface area contributed by atoms with Crippen molar-refractivity contribution in [3.8, 4) is 0 Å².